The number of nitrogens with zero attached hydrogens (tertiary/aromatic N) is 5. The van der Waals surface area contributed by atoms with Gasteiger partial charge in [-0.2, -0.15) is 13.9 Å². The van der Waals surface area contributed by atoms with Crippen LogP contribution in [0.15, 0.2) is 42.9 Å². The smallest absolute Gasteiger partial charge is 0.387 e. The van der Waals surface area contributed by atoms with Crippen molar-refractivity contribution in [2.24, 2.45) is 0 Å². The largest absolute Gasteiger partial charge is 0.431 e. The number of carbonyl (C=O) groups excluding carboxylic acids is 1. The van der Waals surface area contributed by atoms with E-state index in [1.54, 1.807) is 12.4 Å². The van der Waals surface area contributed by atoms with Gasteiger partial charge in [0, 0.05) is 54.9 Å². The maximum atomic E-state index is 13.3. The molecule has 1 saturated carbocycles. The molecule has 5 heterocycles. The molecule has 188 valence electrons. The van der Waals surface area contributed by atoms with Crippen LogP contribution in [-0.2, 0) is 17.5 Å². The monoisotopic (exact) mass is 495 g/mol. The van der Waals surface area contributed by atoms with Crippen LogP contribution in [0.4, 0.5) is 19.4 Å². The number of nitrogen functional groups attached to an aromatic ring is 1. The van der Waals surface area contributed by atoms with Gasteiger partial charge in [-0.1, -0.05) is 0 Å². The average molecular weight is 496 g/mol. The molecule has 2 amide bonds. The predicted octanol–water partition coefficient (Wildman–Crippen LogP) is 3.66. The summed E-state index contributed by atoms with van der Waals surface area (Å²) in [6, 6.07) is 7.32. The number of aryl methyl sites for hydroxylation is 1. The van der Waals surface area contributed by atoms with Crippen molar-refractivity contribution in [3.8, 4) is 17.0 Å². The SMILES string of the molecule is Nc1ncc(-c2cc3n(n2)CC[C@@]32CCN(C(=O)NC3(c4ccncc4)CCC3)C2)cc1OC(F)F. The van der Waals surface area contributed by atoms with Crippen LogP contribution < -0.4 is 15.8 Å². The highest BCUT2D eigenvalue weighted by molar-refractivity contribution is 5.76. The Labute approximate surface area is 206 Å². The van der Waals surface area contributed by atoms with E-state index in [1.165, 1.54) is 12.3 Å². The van der Waals surface area contributed by atoms with Crippen molar-refractivity contribution in [2.45, 2.75) is 56.2 Å². The highest BCUT2D eigenvalue weighted by Gasteiger charge is 2.48. The molecular formula is C25H27F2N7O2. The molecule has 0 aromatic carbocycles. The molecule has 11 heteroatoms. The molecule has 3 aromatic heterocycles. The molecule has 3 aromatic rings. The Morgan fingerprint density at radius 2 is 1.92 bits per heavy atom. The number of alkyl halides is 2. The van der Waals surface area contributed by atoms with Crippen molar-refractivity contribution in [1.82, 2.24) is 30.0 Å². The Balaban J connectivity index is 1.20. The number of pyridine rings is 2. The van der Waals surface area contributed by atoms with E-state index in [4.69, 9.17) is 5.73 Å². The molecular weight excluding hydrogens is 468 g/mol. The van der Waals surface area contributed by atoms with Gasteiger partial charge in [0.1, 0.15) is 0 Å². The topological polar surface area (TPSA) is 111 Å². The Hall–Kier alpha value is -3.76. The van der Waals surface area contributed by atoms with Gasteiger partial charge in [0.25, 0.3) is 0 Å². The molecule has 1 saturated heterocycles. The number of carbonyl (C=O) groups is 1. The van der Waals surface area contributed by atoms with E-state index in [0.717, 1.165) is 49.9 Å². The lowest BCUT2D eigenvalue weighted by atomic mass is 9.72. The van der Waals surface area contributed by atoms with Crippen molar-refractivity contribution < 1.29 is 18.3 Å². The molecule has 2 aliphatic heterocycles. The first-order valence-corrected chi connectivity index (χ1v) is 12.1. The minimum atomic E-state index is -2.99. The number of amides is 2. The zero-order valence-electron chi connectivity index (χ0n) is 19.7. The van der Waals surface area contributed by atoms with Crippen molar-refractivity contribution in [3.63, 3.8) is 0 Å². The minimum Gasteiger partial charge on any atom is -0.431 e. The third-order valence-electron chi connectivity index (χ3n) is 7.95. The van der Waals surface area contributed by atoms with Crippen LogP contribution in [-0.4, -0.2) is 50.4 Å². The number of halogens is 2. The Bertz CT molecular complexity index is 1290. The summed E-state index contributed by atoms with van der Waals surface area (Å²) < 4.78 is 31.9. The number of nitrogens with one attached hydrogen (secondary N) is 1. The number of hydrogen-bond donors (Lipinski definition) is 2. The van der Waals surface area contributed by atoms with Crippen LogP contribution in [0.5, 0.6) is 5.75 Å². The predicted molar refractivity (Wildman–Crippen MR) is 127 cm³/mol. The average Bonchev–Trinajstić information content (AvgIpc) is 3.55. The molecule has 1 aliphatic carbocycles. The number of hydrogen-bond acceptors (Lipinski definition) is 6. The Kier molecular flexibility index (Phi) is 5.31. The summed E-state index contributed by atoms with van der Waals surface area (Å²) in [4.78, 5) is 23.4. The summed E-state index contributed by atoms with van der Waals surface area (Å²) in [7, 11) is 0. The molecule has 1 atom stereocenters. The van der Waals surface area contributed by atoms with Gasteiger partial charge in [0.15, 0.2) is 11.6 Å². The van der Waals surface area contributed by atoms with Crippen LogP contribution in [0.1, 0.15) is 43.4 Å². The molecule has 1 spiro atoms. The fourth-order valence-corrected chi connectivity index (χ4v) is 5.82. The number of likely N-dealkylation sites (tertiary alicyclic amines) is 1. The van der Waals surface area contributed by atoms with Gasteiger partial charge < -0.3 is 20.7 Å². The van der Waals surface area contributed by atoms with Crippen molar-refractivity contribution in [3.05, 3.63) is 54.1 Å². The number of anilines is 1. The first-order valence-electron chi connectivity index (χ1n) is 12.1. The van der Waals surface area contributed by atoms with Crippen molar-refractivity contribution in [1.29, 1.82) is 0 Å². The second-order valence-corrected chi connectivity index (χ2v) is 9.93. The van der Waals surface area contributed by atoms with E-state index in [-0.39, 0.29) is 28.6 Å². The van der Waals surface area contributed by atoms with Crippen LogP contribution in [0.2, 0.25) is 0 Å². The number of ether oxygens (including phenoxy) is 1. The normalized spacial score (nSPS) is 22.0. The zero-order valence-corrected chi connectivity index (χ0v) is 19.7. The van der Waals surface area contributed by atoms with Crippen molar-refractivity contribution >= 4 is 11.8 Å². The fourth-order valence-electron chi connectivity index (χ4n) is 5.82. The lowest BCUT2D eigenvalue weighted by molar-refractivity contribution is -0.0494. The molecule has 6 rings (SSSR count). The van der Waals surface area contributed by atoms with Crippen LogP contribution >= 0.6 is 0 Å². The molecule has 0 radical (unpaired) electrons. The molecule has 36 heavy (non-hydrogen) atoms. The summed E-state index contributed by atoms with van der Waals surface area (Å²) in [6.07, 6.45) is 9.70. The van der Waals surface area contributed by atoms with Gasteiger partial charge in [-0.05, 0) is 61.9 Å². The third-order valence-corrected chi connectivity index (χ3v) is 7.95. The van der Waals surface area contributed by atoms with E-state index in [2.05, 4.69) is 25.1 Å². The third kappa shape index (κ3) is 3.73. The summed E-state index contributed by atoms with van der Waals surface area (Å²) in [6.45, 7) is -0.993. The Morgan fingerprint density at radius 3 is 2.64 bits per heavy atom. The lowest BCUT2D eigenvalue weighted by Crippen LogP contribution is -2.54. The van der Waals surface area contributed by atoms with Crippen LogP contribution in [0, 0.1) is 0 Å². The van der Waals surface area contributed by atoms with Crippen molar-refractivity contribution in [2.75, 3.05) is 18.8 Å². The van der Waals surface area contributed by atoms with Gasteiger partial charge in [0.05, 0.1) is 11.2 Å². The zero-order chi connectivity index (χ0) is 24.9. The quantitative estimate of drug-likeness (QED) is 0.559. The molecule has 3 aliphatic rings. The van der Waals surface area contributed by atoms with E-state index < -0.39 is 6.61 Å². The highest BCUT2D eigenvalue weighted by atomic mass is 19.3. The maximum absolute atomic E-state index is 13.3. The number of fused-ring (bicyclic) bond motifs is 2. The molecule has 9 nitrogen and oxygen atoms in total. The molecule has 2 fully saturated rings. The van der Waals surface area contributed by atoms with E-state index in [0.29, 0.717) is 24.3 Å². The fraction of sp³-hybridized carbons (Fsp3) is 0.440. The van der Waals surface area contributed by atoms with E-state index in [1.807, 2.05) is 27.8 Å². The lowest BCUT2D eigenvalue weighted by Gasteiger charge is -2.43. The summed E-state index contributed by atoms with van der Waals surface area (Å²) in [5, 5.41) is 8.01. The van der Waals surface area contributed by atoms with E-state index in [9.17, 15) is 13.6 Å². The standard InChI is InChI=1S/C25H27F2N7O2/c26-22(27)36-19-12-16(14-30-21(19)28)18-13-20-24(7-11-34(20)32-18)6-10-33(15-24)23(35)31-25(4-1-5-25)17-2-8-29-9-3-17/h2-3,8-9,12-14,22H,1,4-7,10-11,15H2,(H2,28,30)(H,31,35)/t24-/m1/s1. The first-order chi connectivity index (χ1) is 17.4. The second kappa shape index (κ2) is 8.42. The van der Waals surface area contributed by atoms with Gasteiger partial charge in [0.2, 0.25) is 0 Å². The highest BCUT2D eigenvalue weighted by Crippen LogP contribution is 2.45. The Morgan fingerprint density at radius 1 is 1.14 bits per heavy atom. The van der Waals surface area contributed by atoms with Crippen LogP contribution in [0.3, 0.4) is 0 Å². The molecule has 0 bridgehead atoms. The first kappa shape index (κ1) is 22.7. The van der Waals surface area contributed by atoms with Gasteiger partial charge >= 0.3 is 12.6 Å². The minimum absolute atomic E-state index is 0.0434. The maximum Gasteiger partial charge on any atom is 0.387 e. The second-order valence-electron chi connectivity index (χ2n) is 9.93. The summed E-state index contributed by atoms with van der Waals surface area (Å²) in [5.74, 6) is -0.274. The number of nitrogens with two attached hydrogens (primary N) is 1. The summed E-state index contributed by atoms with van der Waals surface area (Å²) in [5.41, 5.74) is 8.49. The van der Waals surface area contributed by atoms with Crippen LogP contribution in [0.25, 0.3) is 11.3 Å². The number of rotatable bonds is 5. The van der Waals surface area contributed by atoms with Gasteiger partial charge in [-0.3, -0.25) is 9.67 Å². The molecule has 3 N–H and O–H groups in total. The molecule has 0 unspecified atom stereocenters. The van der Waals surface area contributed by atoms with Gasteiger partial charge in [-0.25, -0.2) is 9.78 Å². The van der Waals surface area contributed by atoms with Gasteiger partial charge in [-0.15, -0.1) is 0 Å². The number of urea groups is 1. The summed E-state index contributed by atoms with van der Waals surface area (Å²) >= 11 is 0. The van der Waals surface area contributed by atoms with E-state index >= 15 is 0 Å². The number of aromatic nitrogens is 4.